The van der Waals surface area contributed by atoms with E-state index < -0.39 is 18.2 Å². The molecule has 0 rings (SSSR count). The van der Waals surface area contributed by atoms with E-state index in [1.807, 2.05) is 13.8 Å². The van der Waals surface area contributed by atoms with Crippen LogP contribution in [0.4, 0.5) is 0 Å². The summed E-state index contributed by atoms with van der Waals surface area (Å²) in [5.74, 6) is -1.19. The van der Waals surface area contributed by atoms with Gasteiger partial charge in [-0.25, -0.2) is 4.79 Å². The van der Waals surface area contributed by atoms with Crippen LogP contribution in [0.15, 0.2) is 0 Å². The molecule has 0 aromatic carbocycles. The summed E-state index contributed by atoms with van der Waals surface area (Å²) in [5.41, 5.74) is 0. The zero-order valence-electron chi connectivity index (χ0n) is 8.27. The lowest BCUT2D eigenvalue weighted by molar-refractivity contribution is -0.155. The molecule has 0 aliphatic carbocycles. The Kier molecular flexibility index (Phi) is 4.95. The molecule has 3 atom stereocenters. The molecule has 3 unspecified atom stereocenters. The Hall–Kier alpha value is -0.610. The summed E-state index contributed by atoms with van der Waals surface area (Å²) >= 11 is 0. The monoisotopic (exact) mass is 190 g/mol. The lowest BCUT2D eigenvalue weighted by Gasteiger charge is -2.22. The minimum Gasteiger partial charge on any atom is -0.479 e. The fraction of sp³-hybridized carbons (Fsp3) is 0.889. The number of carbonyl (C=O) groups is 1. The van der Waals surface area contributed by atoms with E-state index in [1.54, 1.807) is 6.92 Å². The lowest BCUT2D eigenvalue weighted by Crippen LogP contribution is -2.38. The molecule has 0 aliphatic heterocycles. The average Bonchev–Trinajstić information content (AvgIpc) is 2.00. The number of carboxylic acid groups (broad SMARTS) is 1. The van der Waals surface area contributed by atoms with Gasteiger partial charge in [0.05, 0.1) is 6.10 Å². The first-order valence-electron chi connectivity index (χ1n) is 4.45. The minimum absolute atomic E-state index is 0.203. The predicted octanol–water partition coefficient (Wildman–Crippen LogP) is 0.475. The van der Waals surface area contributed by atoms with Crippen LogP contribution in [0.2, 0.25) is 0 Å². The Morgan fingerprint density at radius 1 is 1.23 bits per heavy atom. The molecule has 0 saturated carbocycles. The molecular weight excluding hydrogens is 172 g/mol. The molecule has 4 nitrogen and oxygen atoms in total. The van der Waals surface area contributed by atoms with Crippen molar-refractivity contribution in [3.63, 3.8) is 0 Å². The third-order valence-electron chi connectivity index (χ3n) is 2.00. The molecule has 4 heteroatoms. The maximum Gasteiger partial charge on any atom is 0.335 e. The van der Waals surface area contributed by atoms with E-state index in [-0.39, 0.29) is 5.92 Å². The maximum atomic E-state index is 10.3. The first-order valence-corrected chi connectivity index (χ1v) is 4.45. The second-order valence-corrected chi connectivity index (χ2v) is 3.88. The average molecular weight is 190 g/mol. The lowest BCUT2D eigenvalue weighted by atomic mass is 9.91. The first-order chi connectivity index (χ1) is 5.86. The molecule has 0 spiro atoms. The van der Waals surface area contributed by atoms with Crippen LogP contribution in [0.5, 0.6) is 0 Å². The molecule has 0 saturated heterocycles. The Morgan fingerprint density at radius 2 is 1.69 bits per heavy atom. The quantitative estimate of drug-likeness (QED) is 0.589. The Bertz CT molecular complexity index is 167. The molecule has 0 aromatic heterocycles. The highest BCUT2D eigenvalue weighted by atomic mass is 16.4. The van der Waals surface area contributed by atoms with Gasteiger partial charge in [-0.05, 0) is 18.3 Å². The summed E-state index contributed by atoms with van der Waals surface area (Å²) in [6, 6.07) is 0. The van der Waals surface area contributed by atoms with Crippen molar-refractivity contribution in [3.8, 4) is 0 Å². The van der Waals surface area contributed by atoms with E-state index in [9.17, 15) is 9.90 Å². The van der Waals surface area contributed by atoms with Crippen molar-refractivity contribution < 1.29 is 20.1 Å². The molecule has 0 fully saturated rings. The van der Waals surface area contributed by atoms with Crippen molar-refractivity contribution in [1.82, 2.24) is 0 Å². The summed E-state index contributed by atoms with van der Waals surface area (Å²) in [6.07, 6.45) is -2.15. The largest absolute Gasteiger partial charge is 0.479 e. The summed E-state index contributed by atoms with van der Waals surface area (Å²) in [4.78, 5) is 10.3. The van der Waals surface area contributed by atoms with E-state index >= 15 is 0 Å². The van der Waals surface area contributed by atoms with Crippen LogP contribution in [-0.4, -0.2) is 33.5 Å². The highest BCUT2D eigenvalue weighted by Crippen LogP contribution is 2.17. The normalized spacial score (nSPS) is 18.3. The van der Waals surface area contributed by atoms with Crippen LogP contribution in [0.25, 0.3) is 0 Å². The second-order valence-electron chi connectivity index (χ2n) is 3.88. The summed E-state index contributed by atoms with van der Waals surface area (Å²) in [5, 5.41) is 26.8. The maximum absolute atomic E-state index is 10.3. The van der Waals surface area contributed by atoms with E-state index in [2.05, 4.69) is 0 Å². The smallest absolute Gasteiger partial charge is 0.335 e. The van der Waals surface area contributed by atoms with Crippen molar-refractivity contribution in [2.75, 3.05) is 0 Å². The number of aliphatic carboxylic acids is 1. The number of hydrogen-bond acceptors (Lipinski definition) is 3. The first kappa shape index (κ1) is 12.4. The van der Waals surface area contributed by atoms with Gasteiger partial charge in [-0.1, -0.05) is 20.8 Å². The van der Waals surface area contributed by atoms with Crippen molar-refractivity contribution in [2.24, 2.45) is 11.8 Å². The molecular formula is C9H18O4. The minimum atomic E-state index is -1.67. The topological polar surface area (TPSA) is 77.8 Å². The zero-order chi connectivity index (χ0) is 10.6. The fourth-order valence-electron chi connectivity index (χ4n) is 1.34. The third-order valence-corrected chi connectivity index (χ3v) is 2.00. The van der Waals surface area contributed by atoms with Crippen molar-refractivity contribution in [2.45, 2.75) is 39.4 Å². The van der Waals surface area contributed by atoms with Gasteiger partial charge in [0.25, 0.3) is 0 Å². The van der Waals surface area contributed by atoms with Crippen LogP contribution in [-0.2, 0) is 4.79 Å². The number of aliphatic hydroxyl groups is 2. The second kappa shape index (κ2) is 5.19. The van der Waals surface area contributed by atoms with Crippen LogP contribution < -0.4 is 0 Å². The standard InChI is InChI=1S/C9H18O4/c1-5(2)4-6(3)7(10)8(11)9(12)13/h5-8,10-11H,4H2,1-3H3,(H,12,13). The summed E-state index contributed by atoms with van der Waals surface area (Å²) in [6.45, 7) is 5.70. The highest BCUT2D eigenvalue weighted by Gasteiger charge is 2.28. The number of aliphatic hydroxyl groups excluding tert-OH is 2. The fourth-order valence-corrected chi connectivity index (χ4v) is 1.34. The van der Waals surface area contributed by atoms with Crippen LogP contribution in [0.3, 0.4) is 0 Å². The number of carboxylic acids is 1. The molecule has 0 aromatic rings. The molecule has 13 heavy (non-hydrogen) atoms. The molecule has 0 heterocycles. The zero-order valence-corrected chi connectivity index (χ0v) is 8.27. The Morgan fingerprint density at radius 3 is 2.00 bits per heavy atom. The summed E-state index contributed by atoms with van der Waals surface area (Å²) < 4.78 is 0. The van der Waals surface area contributed by atoms with Gasteiger partial charge in [-0.15, -0.1) is 0 Å². The molecule has 78 valence electrons. The van der Waals surface area contributed by atoms with Crippen molar-refractivity contribution in [3.05, 3.63) is 0 Å². The van der Waals surface area contributed by atoms with Gasteiger partial charge in [0, 0.05) is 0 Å². The van der Waals surface area contributed by atoms with E-state index in [4.69, 9.17) is 10.2 Å². The Balaban J connectivity index is 4.08. The molecule has 0 radical (unpaired) electrons. The predicted molar refractivity (Wildman–Crippen MR) is 48.3 cm³/mol. The Labute approximate surface area is 78.2 Å². The van der Waals surface area contributed by atoms with Crippen LogP contribution >= 0.6 is 0 Å². The molecule has 0 aliphatic rings. The molecule has 0 amide bonds. The van der Waals surface area contributed by atoms with Gasteiger partial charge in [0.1, 0.15) is 0 Å². The van der Waals surface area contributed by atoms with Gasteiger partial charge >= 0.3 is 5.97 Å². The van der Waals surface area contributed by atoms with Gasteiger partial charge in [-0.2, -0.15) is 0 Å². The highest BCUT2D eigenvalue weighted by molar-refractivity contribution is 5.72. The van der Waals surface area contributed by atoms with E-state index in [0.717, 1.165) is 0 Å². The van der Waals surface area contributed by atoms with Crippen LogP contribution in [0, 0.1) is 11.8 Å². The molecule has 3 N–H and O–H groups in total. The SMILES string of the molecule is CC(C)CC(C)C(O)C(O)C(=O)O. The van der Waals surface area contributed by atoms with E-state index in [0.29, 0.717) is 12.3 Å². The summed E-state index contributed by atoms with van der Waals surface area (Å²) in [7, 11) is 0. The number of rotatable bonds is 5. The molecule has 0 bridgehead atoms. The van der Waals surface area contributed by atoms with Gasteiger partial charge in [0.2, 0.25) is 0 Å². The van der Waals surface area contributed by atoms with Crippen molar-refractivity contribution in [1.29, 1.82) is 0 Å². The van der Waals surface area contributed by atoms with Gasteiger partial charge in [0.15, 0.2) is 6.10 Å². The van der Waals surface area contributed by atoms with Crippen LogP contribution in [0.1, 0.15) is 27.2 Å². The third kappa shape index (κ3) is 4.24. The van der Waals surface area contributed by atoms with Gasteiger partial charge < -0.3 is 15.3 Å². The van der Waals surface area contributed by atoms with Crippen molar-refractivity contribution >= 4 is 5.97 Å². The number of hydrogen-bond donors (Lipinski definition) is 3. The van der Waals surface area contributed by atoms with E-state index in [1.165, 1.54) is 0 Å². The van der Waals surface area contributed by atoms with Gasteiger partial charge in [-0.3, -0.25) is 0 Å².